The average molecular weight is 608 g/mol. The predicted octanol–water partition coefficient (Wildman–Crippen LogP) is 9.03. The maximum atomic E-state index is 12.9. The fraction of sp³-hybridized carbons (Fsp3) is 0.649. The Kier molecular flexibility index (Phi) is 13.8. The van der Waals surface area contributed by atoms with Crippen molar-refractivity contribution in [2.75, 3.05) is 57.3 Å². The normalized spacial score (nSPS) is 18.0. The summed E-state index contributed by atoms with van der Waals surface area (Å²) in [5, 5.41) is 0. The molecule has 0 spiro atoms. The first-order chi connectivity index (χ1) is 21.1. The molecule has 6 heteroatoms. The lowest BCUT2D eigenvalue weighted by molar-refractivity contribution is -0.164. The SMILES string of the molecule is CCN(CC)CCN1c2ccccc2Sc2ccccc21.CCN(CC)CCOC(=O)C1(C2CCCCC2)CCCCC1. The second kappa shape index (κ2) is 17.5. The Balaban J connectivity index is 0.000000197. The number of fused-ring (bicyclic) bond motifs is 2. The summed E-state index contributed by atoms with van der Waals surface area (Å²) < 4.78 is 5.79. The molecule has 2 aromatic carbocycles. The van der Waals surface area contributed by atoms with Gasteiger partial charge in [-0.15, -0.1) is 0 Å². The molecule has 0 amide bonds. The molecule has 0 radical (unpaired) electrons. The second-order valence-electron chi connectivity index (χ2n) is 12.4. The lowest BCUT2D eigenvalue weighted by Gasteiger charge is -2.43. The summed E-state index contributed by atoms with van der Waals surface area (Å²) in [6, 6.07) is 17.4. The Labute approximate surface area is 266 Å². The van der Waals surface area contributed by atoms with Gasteiger partial charge < -0.3 is 19.4 Å². The number of likely N-dealkylation sites (N-methyl/N-ethyl adjacent to an activating group) is 2. The third kappa shape index (κ3) is 8.79. The number of rotatable bonds is 12. The Morgan fingerprint density at radius 2 is 1.28 bits per heavy atom. The monoisotopic (exact) mass is 607 g/mol. The second-order valence-corrected chi connectivity index (χ2v) is 13.5. The minimum Gasteiger partial charge on any atom is -0.464 e. The van der Waals surface area contributed by atoms with Crippen LogP contribution >= 0.6 is 11.8 Å². The molecule has 0 atom stereocenters. The zero-order valence-electron chi connectivity index (χ0n) is 27.5. The number of anilines is 2. The van der Waals surface area contributed by atoms with E-state index in [1.54, 1.807) is 0 Å². The molecular formula is C37H57N3O2S. The summed E-state index contributed by atoms with van der Waals surface area (Å²) in [7, 11) is 0. The molecule has 2 aromatic rings. The number of nitrogens with zero attached hydrogens (tertiary/aromatic N) is 3. The summed E-state index contributed by atoms with van der Waals surface area (Å²) in [5.74, 6) is 0.716. The molecule has 2 aliphatic carbocycles. The number of ether oxygens (including phenoxy) is 1. The first-order valence-corrected chi connectivity index (χ1v) is 18.1. The van der Waals surface area contributed by atoms with E-state index in [0.717, 1.165) is 58.7 Å². The molecule has 238 valence electrons. The molecule has 43 heavy (non-hydrogen) atoms. The van der Waals surface area contributed by atoms with Crippen LogP contribution in [0.4, 0.5) is 11.4 Å². The van der Waals surface area contributed by atoms with Gasteiger partial charge in [-0.25, -0.2) is 0 Å². The zero-order valence-corrected chi connectivity index (χ0v) is 28.3. The molecule has 2 saturated carbocycles. The Morgan fingerprint density at radius 1 is 0.767 bits per heavy atom. The molecule has 5 rings (SSSR count). The highest BCUT2D eigenvalue weighted by Gasteiger charge is 2.47. The molecule has 0 unspecified atom stereocenters. The smallest absolute Gasteiger partial charge is 0.312 e. The average Bonchev–Trinajstić information content (AvgIpc) is 3.07. The van der Waals surface area contributed by atoms with Gasteiger partial charge in [0.2, 0.25) is 0 Å². The van der Waals surface area contributed by atoms with Gasteiger partial charge in [0.15, 0.2) is 0 Å². The van der Waals surface area contributed by atoms with E-state index in [1.807, 2.05) is 11.8 Å². The van der Waals surface area contributed by atoms with Crippen molar-refractivity contribution in [2.45, 2.75) is 102 Å². The molecule has 1 heterocycles. The summed E-state index contributed by atoms with van der Waals surface area (Å²) in [4.78, 5) is 22.9. The topological polar surface area (TPSA) is 36.0 Å². The van der Waals surface area contributed by atoms with Crippen LogP contribution in [-0.4, -0.2) is 68.2 Å². The Morgan fingerprint density at radius 3 is 1.84 bits per heavy atom. The fourth-order valence-corrected chi connectivity index (χ4v) is 8.47. The van der Waals surface area contributed by atoms with Crippen LogP contribution in [0.1, 0.15) is 91.9 Å². The van der Waals surface area contributed by atoms with E-state index < -0.39 is 0 Å². The number of carbonyl (C=O) groups excluding carboxylic acids is 1. The van der Waals surface area contributed by atoms with Gasteiger partial charge in [-0.1, -0.05) is 102 Å². The molecule has 0 bridgehead atoms. The molecule has 0 N–H and O–H groups in total. The lowest BCUT2D eigenvalue weighted by atomic mass is 9.62. The van der Waals surface area contributed by atoms with Crippen LogP contribution in [0, 0.1) is 11.3 Å². The largest absolute Gasteiger partial charge is 0.464 e. The molecular weight excluding hydrogens is 550 g/mol. The van der Waals surface area contributed by atoms with Gasteiger partial charge in [0.05, 0.1) is 16.8 Å². The van der Waals surface area contributed by atoms with Crippen LogP contribution < -0.4 is 4.90 Å². The van der Waals surface area contributed by atoms with Crippen molar-refractivity contribution in [1.82, 2.24) is 9.80 Å². The standard InChI is InChI=1S/C19H35NO2.C18H22N2S/c1-3-20(4-2)15-16-22-18(21)19(13-9-6-10-14-19)17-11-7-5-8-12-17;1-3-19(4-2)13-14-20-15-9-5-7-11-17(15)21-18-12-8-6-10-16(18)20/h17H,3-16H2,1-2H3;5-12H,3-4,13-14H2,1-2H3. The van der Waals surface area contributed by atoms with E-state index in [4.69, 9.17) is 4.74 Å². The molecule has 3 aliphatic rings. The third-order valence-electron chi connectivity index (χ3n) is 10.1. The maximum absolute atomic E-state index is 12.9. The van der Waals surface area contributed by atoms with Gasteiger partial charge in [0.1, 0.15) is 6.61 Å². The van der Waals surface area contributed by atoms with Crippen molar-refractivity contribution < 1.29 is 9.53 Å². The van der Waals surface area contributed by atoms with E-state index in [9.17, 15) is 4.79 Å². The van der Waals surface area contributed by atoms with Gasteiger partial charge in [-0.05, 0) is 82.0 Å². The van der Waals surface area contributed by atoms with Crippen LogP contribution in [0.2, 0.25) is 0 Å². The highest BCUT2D eigenvalue weighted by Crippen LogP contribution is 2.49. The quantitative estimate of drug-likeness (QED) is 0.224. The number of para-hydroxylation sites is 2. The molecule has 0 saturated heterocycles. The summed E-state index contributed by atoms with van der Waals surface area (Å²) >= 11 is 1.88. The van der Waals surface area contributed by atoms with Crippen molar-refractivity contribution in [1.29, 1.82) is 0 Å². The van der Waals surface area contributed by atoms with Crippen LogP contribution in [0.15, 0.2) is 58.3 Å². The fourth-order valence-electron chi connectivity index (χ4n) is 7.37. The van der Waals surface area contributed by atoms with Crippen molar-refractivity contribution in [2.24, 2.45) is 11.3 Å². The number of esters is 1. The van der Waals surface area contributed by atoms with Crippen molar-refractivity contribution >= 4 is 29.1 Å². The Bertz CT molecular complexity index is 1060. The highest BCUT2D eigenvalue weighted by molar-refractivity contribution is 7.99. The first kappa shape index (κ1) is 33.9. The van der Waals surface area contributed by atoms with Crippen molar-refractivity contribution in [3.8, 4) is 0 Å². The minimum atomic E-state index is -0.137. The van der Waals surface area contributed by atoms with Gasteiger partial charge in [0, 0.05) is 29.4 Å². The van der Waals surface area contributed by atoms with E-state index >= 15 is 0 Å². The van der Waals surface area contributed by atoms with Crippen molar-refractivity contribution in [3.05, 3.63) is 48.5 Å². The van der Waals surface area contributed by atoms with Crippen LogP contribution in [0.25, 0.3) is 0 Å². The molecule has 1 aliphatic heterocycles. The number of carbonyl (C=O) groups is 1. The summed E-state index contributed by atoms with van der Waals surface area (Å²) in [6.45, 7) is 16.7. The van der Waals surface area contributed by atoms with Crippen LogP contribution in [-0.2, 0) is 9.53 Å². The van der Waals surface area contributed by atoms with E-state index in [2.05, 4.69) is 90.9 Å². The van der Waals surface area contributed by atoms with Gasteiger partial charge in [-0.3, -0.25) is 4.79 Å². The lowest BCUT2D eigenvalue weighted by Crippen LogP contribution is -2.43. The van der Waals surface area contributed by atoms with Gasteiger partial charge in [-0.2, -0.15) is 0 Å². The number of hydrogen-bond donors (Lipinski definition) is 0. The zero-order chi connectivity index (χ0) is 30.5. The molecule has 2 fully saturated rings. The minimum absolute atomic E-state index is 0.131. The van der Waals surface area contributed by atoms with Crippen LogP contribution in [0.5, 0.6) is 0 Å². The number of benzene rings is 2. The summed E-state index contributed by atoms with van der Waals surface area (Å²) in [5.41, 5.74) is 2.55. The summed E-state index contributed by atoms with van der Waals surface area (Å²) in [6.07, 6.45) is 12.3. The van der Waals surface area contributed by atoms with Gasteiger partial charge >= 0.3 is 5.97 Å². The highest BCUT2D eigenvalue weighted by atomic mass is 32.2. The van der Waals surface area contributed by atoms with E-state index in [-0.39, 0.29) is 11.4 Å². The van der Waals surface area contributed by atoms with E-state index in [1.165, 1.54) is 72.5 Å². The van der Waals surface area contributed by atoms with Crippen molar-refractivity contribution in [3.63, 3.8) is 0 Å². The maximum Gasteiger partial charge on any atom is 0.312 e. The predicted molar refractivity (Wildman–Crippen MR) is 183 cm³/mol. The molecule has 0 aromatic heterocycles. The van der Waals surface area contributed by atoms with Gasteiger partial charge in [0.25, 0.3) is 0 Å². The molecule has 5 nitrogen and oxygen atoms in total. The van der Waals surface area contributed by atoms with E-state index in [0.29, 0.717) is 12.5 Å². The first-order valence-electron chi connectivity index (χ1n) is 17.3. The number of hydrogen-bond acceptors (Lipinski definition) is 6. The Hall–Kier alpha value is -2.02. The third-order valence-corrected chi connectivity index (χ3v) is 11.3. The van der Waals surface area contributed by atoms with Crippen LogP contribution in [0.3, 0.4) is 0 Å².